The van der Waals surface area contributed by atoms with E-state index in [1.54, 1.807) is 0 Å². The van der Waals surface area contributed by atoms with E-state index in [1.807, 2.05) is 20.8 Å². The molecule has 0 aromatic heterocycles. The van der Waals surface area contributed by atoms with E-state index < -0.39 is 24.8 Å². The molecule has 0 aromatic carbocycles. The number of aliphatic hydroxyl groups is 1. The molecule has 2 aliphatic rings. The SMILES string of the molecule is C[C@@H]1[C@H]2OC(C)(C)O[C@H]2O[C@@H]1C(=O)CO. The summed E-state index contributed by atoms with van der Waals surface area (Å²) in [7, 11) is 0. The quantitative estimate of drug-likeness (QED) is 0.707. The summed E-state index contributed by atoms with van der Waals surface area (Å²) in [4.78, 5) is 11.3. The van der Waals surface area contributed by atoms with E-state index in [1.165, 1.54) is 0 Å². The number of ketones is 1. The topological polar surface area (TPSA) is 65.0 Å². The molecule has 2 fully saturated rings. The van der Waals surface area contributed by atoms with Crippen molar-refractivity contribution in [1.82, 2.24) is 0 Å². The van der Waals surface area contributed by atoms with Crippen LogP contribution in [0.2, 0.25) is 0 Å². The van der Waals surface area contributed by atoms with E-state index in [2.05, 4.69) is 0 Å². The van der Waals surface area contributed by atoms with Crippen LogP contribution in [0.25, 0.3) is 0 Å². The molecule has 0 aliphatic carbocycles. The Morgan fingerprint density at radius 2 is 2.07 bits per heavy atom. The summed E-state index contributed by atoms with van der Waals surface area (Å²) in [6.07, 6.45) is -1.32. The zero-order valence-electron chi connectivity index (χ0n) is 9.10. The lowest BCUT2D eigenvalue weighted by molar-refractivity contribution is -0.209. The van der Waals surface area contributed by atoms with Gasteiger partial charge < -0.3 is 19.3 Å². The number of rotatable bonds is 2. The van der Waals surface area contributed by atoms with E-state index in [0.29, 0.717) is 0 Å². The molecule has 15 heavy (non-hydrogen) atoms. The molecule has 2 aliphatic heterocycles. The highest BCUT2D eigenvalue weighted by Crippen LogP contribution is 2.40. The van der Waals surface area contributed by atoms with Crippen LogP contribution >= 0.6 is 0 Å². The molecule has 86 valence electrons. The molecule has 2 heterocycles. The maximum atomic E-state index is 11.3. The van der Waals surface area contributed by atoms with E-state index >= 15 is 0 Å². The average Bonchev–Trinajstić information content (AvgIpc) is 2.60. The van der Waals surface area contributed by atoms with Crippen molar-refractivity contribution < 1.29 is 24.1 Å². The van der Waals surface area contributed by atoms with Gasteiger partial charge in [0.1, 0.15) is 18.8 Å². The van der Waals surface area contributed by atoms with Crippen LogP contribution in [0.1, 0.15) is 20.8 Å². The third-order valence-corrected chi connectivity index (χ3v) is 2.84. The van der Waals surface area contributed by atoms with E-state index in [-0.39, 0.29) is 17.8 Å². The van der Waals surface area contributed by atoms with Gasteiger partial charge in [0.2, 0.25) is 0 Å². The lowest BCUT2D eigenvalue weighted by atomic mass is 9.98. The van der Waals surface area contributed by atoms with Crippen LogP contribution in [-0.4, -0.2) is 41.8 Å². The summed E-state index contributed by atoms with van der Waals surface area (Å²) < 4.78 is 16.5. The Morgan fingerprint density at radius 3 is 2.60 bits per heavy atom. The second-order valence-electron chi connectivity index (χ2n) is 4.51. The van der Waals surface area contributed by atoms with Gasteiger partial charge in [-0.1, -0.05) is 6.92 Å². The third-order valence-electron chi connectivity index (χ3n) is 2.84. The van der Waals surface area contributed by atoms with Crippen LogP contribution in [0.15, 0.2) is 0 Å². The largest absolute Gasteiger partial charge is 0.388 e. The Kier molecular flexibility index (Phi) is 2.58. The summed E-state index contributed by atoms with van der Waals surface area (Å²) in [6.45, 7) is 4.99. The maximum absolute atomic E-state index is 11.3. The highest BCUT2D eigenvalue weighted by Gasteiger charge is 2.54. The van der Waals surface area contributed by atoms with Gasteiger partial charge >= 0.3 is 0 Å². The van der Waals surface area contributed by atoms with Crippen LogP contribution in [0.3, 0.4) is 0 Å². The first-order valence-electron chi connectivity index (χ1n) is 5.09. The van der Waals surface area contributed by atoms with E-state index in [9.17, 15) is 4.79 Å². The lowest BCUT2D eigenvalue weighted by Crippen LogP contribution is -2.34. The van der Waals surface area contributed by atoms with Crippen molar-refractivity contribution in [2.45, 2.75) is 45.1 Å². The minimum atomic E-state index is -0.656. The Morgan fingerprint density at radius 1 is 1.40 bits per heavy atom. The van der Waals surface area contributed by atoms with Crippen molar-refractivity contribution in [2.75, 3.05) is 6.61 Å². The fraction of sp³-hybridized carbons (Fsp3) is 0.900. The third kappa shape index (κ3) is 1.80. The van der Waals surface area contributed by atoms with Gasteiger partial charge in [0.25, 0.3) is 0 Å². The van der Waals surface area contributed by atoms with Gasteiger partial charge in [0.15, 0.2) is 17.9 Å². The minimum absolute atomic E-state index is 0.0866. The van der Waals surface area contributed by atoms with Gasteiger partial charge in [-0.25, -0.2) is 0 Å². The highest BCUT2D eigenvalue weighted by atomic mass is 16.8. The maximum Gasteiger partial charge on any atom is 0.188 e. The van der Waals surface area contributed by atoms with Crippen molar-refractivity contribution in [3.05, 3.63) is 0 Å². The molecule has 2 saturated heterocycles. The number of hydrogen-bond donors (Lipinski definition) is 1. The van der Waals surface area contributed by atoms with Crippen molar-refractivity contribution in [1.29, 1.82) is 0 Å². The zero-order valence-corrected chi connectivity index (χ0v) is 9.10. The number of ether oxygens (including phenoxy) is 3. The Balaban J connectivity index is 2.08. The fourth-order valence-corrected chi connectivity index (χ4v) is 2.12. The van der Waals surface area contributed by atoms with Gasteiger partial charge in [-0.05, 0) is 13.8 Å². The predicted octanol–water partition coefficient (Wildman–Crippen LogP) is 0.0603. The van der Waals surface area contributed by atoms with Crippen LogP contribution in [0.5, 0.6) is 0 Å². The first-order valence-corrected chi connectivity index (χ1v) is 5.09. The summed E-state index contributed by atoms with van der Waals surface area (Å²) in [6, 6.07) is 0. The monoisotopic (exact) mass is 216 g/mol. The van der Waals surface area contributed by atoms with E-state index in [0.717, 1.165) is 0 Å². The minimum Gasteiger partial charge on any atom is -0.388 e. The fourth-order valence-electron chi connectivity index (χ4n) is 2.12. The predicted molar refractivity (Wildman–Crippen MR) is 50.0 cm³/mol. The average molecular weight is 216 g/mol. The van der Waals surface area contributed by atoms with Crippen molar-refractivity contribution in [3.63, 3.8) is 0 Å². The molecular weight excluding hydrogens is 200 g/mol. The van der Waals surface area contributed by atoms with Gasteiger partial charge in [0, 0.05) is 5.92 Å². The van der Waals surface area contributed by atoms with Gasteiger partial charge in [-0.15, -0.1) is 0 Å². The van der Waals surface area contributed by atoms with Crippen LogP contribution < -0.4 is 0 Å². The van der Waals surface area contributed by atoms with Gasteiger partial charge in [-0.3, -0.25) is 4.79 Å². The lowest BCUT2D eigenvalue weighted by Gasteiger charge is -2.22. The van der Waals surface area contributed by atoms with Crippen molar-refractivity contribution in [2.24, 2.45) is 5.92 Å². The van der Waals surface area contributed by atoms with Crippen LogP contribution in [0, 0.1) is 5.92 Å². The molecule has 0 unspecified atom stereocenters. The second kappa shape index (κ2) is 3.52. The van der Waals surface area contributed by atoms with Crippen molar-refractivity contribution >= 4 is 5.78 Å². The molecule has 0 amide bonds. The number of aliphatic hydroxyl groups excluding tert-OH is 1. The molecule has 0 aromatic rings. The van der Waals surface area contributed by atoms with Crippen LogP contribution in [-0.2, 0) is 19.0 Å². The van der Waals surface area contributed by atoms with Gasteiger partial charge in [-0.2, -0.15) is 0 Å². The number of fused-ring (bicyclic) bond motifs is 1. The Labute approximate surface area is 88.3 Å². The molecule has 5 heteroatoms. The summed E-state index contributed by atoms with van der Waals surface area (Å²) in [5.41, 5.74) is 0. The molecule has 0 spiro atoms. The Bertz CT molecular complexity index is 275. The summed E-state index contributed by atoms with van der Waals surface area (Å²) >= 11 is 0. The highest BCUT2D eigenvalue weighted by molar-refractivity contribution is 5.84. The molecule has 5 nitrogen and oxygen atoms in total. The first-order chi connectivity index (χ1) is 6.94. The molecule has 0 saturated carbocycles. The number of carbonyl (C=O) groups is 1. The number of Topliss-reactive ketones (excluding diaryl/α,β-unsaturated/α-hetero) is 1. The summed E-state index contributed by atoms with van der Waals surface area (Å²) in [5.74, 6) is -1.06. The molecule has 4 atom stereocenters. The number of hydrogen-bond acceptors (Lipinski definition) is 5. The zero-order chi connectivity index (χ0) is 11.2. The standard InChI is InChI=1S/C10H16O5/c1-5-7(6(12)4-11)13-9-8(5)14-10(2,3)15-9/h5,7-9,11H,4H2,1-3H3/t5-,7-,8+,9+/m0/s1. The molecule has 0 bridgehead atoms. The Hall–Kier alpha value is -0.490. The van der Waals surface area contributed by atoms with Crippen LogP contribution in [0.4, 0.5) is 0 Å². The first kappa shape index (κ1) is 11.0. The normalized spacial score (nSPS) is 42.9. The van der Waals surface area contributed by atoms with Crippen molar-refractivity contribution in [3.8, 4) is 0 Å². The molecule has 2 rings (SSSR count). The molecule has 1 N–H and O–H groups in total. The smallest absolute Gasteiger partial charge is 0.188 e. The van der Waals surface area contributed by atoms with Gasteiger partial charge in [0.05, 0.1) is 0 Å². The summed E-state index contributed by atoms with van der Waals surface area (Å²) in [5, 5.41) is 8.77. The number of carbonyl (C=O) groups excluding carboxylic acids is 1. The van der Waals surface area contributed by atoms with E-state index in [4.69, 9.17) is 19.3 Å². The second-order valence-corrected chi connectivity index (χ2v) is 4.51. The molecular formula is C10H16O5. The molecule has 0 radical (unpaired) electrons.